The standard InChI is InChI=1S/C15H18N4O/c1-11-4-2-3-5-14(11)18-15(20)17-12-7-9-19-13(10-12)6-8-16-19/h2-6,8,12H,7,9-10H2,1H3,(H2,17,18,20)/t12-/m1/s1. The fraction of sp³-hybridized carbons (Fsp3) is 0.333. The molecule has 3 rings (SSSR count). The number of nitrogens with zero attached hydrogens (tertiary/aromatic N) is 2. The van der Waals surface area contributed by atoms with E-state index in [4.69, 9.17) is 0 Å². The number of anilines is 1. The van der Waals surface area contributed by atoms with E-state index in [9.17, 15) is 4.79 Å². The van der Waals surface area contributed by atoms with Gasteiger partial charge in [-0.3, -0.25) is 4.68 Å². The van der Waals surface area contributed by atoms with Gasteiger partial charge in [-0.25, -0.2) is 4.79 Å². The van der Waals surface area contributed by atoms with Crippen molar-refractivity contribution in [1.82, 2.24) is 15.1 Å². The molecule has 0 bridgehead atoms. The lowest BCUT2D eigenvalue weighted by atomic mass is 10.0. The molecule has 0 fully saturated rings. The van der Waals surface area contributed by atoms with Crippen LogP contribution in [0.15, 0.2) is 36.5 Å². The van der Waals surface area contributed by atoms with Gasteiger partial charge in [0.05, 0.1) is 0 Å². The van der Waals surface area contributed by atoms with E-state index >= 15 is 0 Å². The predicted octanol–water partition coefficient (Wildman–Crippen LogP) is 2.33. The normalized spacial score (nSPS) is 17.4. The van der Waals surface area contributed by atoms with Gasteiger partial charge in [-0.15, -0.1) is 0 Å². The zero-order chi connectivity index (χ0) is 13.9. The minimum atomic E-state index is -0.141. The molecule has 1 aliphatic rings. The van der Waals surface area contributed by atoms with E-state index < -0.39 is 0 Å². The van der Waals surface area contributed by atoms with Gasteiger partial charge >= 0.3 is 6.03 Å². The third kappa shape index (κ3) is 2.66. The molecule has 2 N–H and O–H groups in total. The highest BCUT2D eigenvalue weighted by Crippen LogP contribution is 2.15. The van der Waals surface area contributed by atoms with Crippen LogP contribution in [-0.2, 0) is 13.0 Å². The predicted molar refractivity (Wildman–Crippen MR) is 77.7 cm³/mol. The number of carbonyl (C=O) groups is 1. The summed E-state index contributed by atoms with van der Waals surface area (Å²) in [6.07, 6.45) is 3.56. The SMILES string of the molecule is Cc1ccccc1NC(=O)N[C@@H]1CCn2nccc2C1. The number of rotatable bonds is 2. The second-order valence-electron chi connectivity index (χ2n) is 5.15. The van der Waals surface area contributed by atoms with Gasteiger partial charge in [0, 0.05) is 36.6 Å². The maximum atomic E-state index is 12.0. The Balaban J connectivity index is 1.59. The van der Waals surface area contributed by atoms with E-state index in [2.05, 4.69) is 15.7 Å². The molecule has 1 aromatic carbocycles. The van der Waals surface area contributed by atoms with E-state index in [0.29, 0.717) is 0 Å². The minimum Gasteiger partial charge on any atom is -0.335 e. The summed E-state index contributed by atoms with van der Waals surface area (Å²) in [6, 6.07) is 9.80. The number of aromatic nitrogens is 2. The second-order valence-corrected chi connectivity index (χ2v) is 5.15. The van der Waals surface area contributed by atoms with Crippen LogP contribution in [0.4, 0.5) is 10.5 Å². The van der Waals surface area contributed by atoms with Crippen LogP contribution in [0, 0.1) is 6.92 Å². The lowest BCUT2D eigenvalue weighted by Crippen LogP contribution is -2.42. The van der Waals surface area contributed by atoms with Crippen LogP contribution >= 0.6 is 0 Å². The van der Waals surface area contributed by atoms with Crippen LogP contribution in [0.1, 0.15) is 17.7 Å². The van der Waals surface area contributed by atoms with Gasteiger partial charge in [-0.2, -0.15) is 5.10 Å². The maximum absolute atomic E-state index is 12.0. The van der Waals surface area contributed by atoms with E-state index in [1.54, 1.807) is 0 Å². The molecule has 2 amide bonds. The Kier molecular flexibility index (Phi) is 3.41. The van der Waals surface area contributed by atoms with Gasteiger partial charge in [0.1, 0.15) is 0 Å². The fourth-order valence-electron chi connectivity index (χ4n) is 2.55. The van der Waals surface area contributed by atoms with Crippen molar-refractivity contribution in [2.24, 2.45) is 0 Å². The molecule has 1 aliphatic heterocycles. The van der Waals surface area contributed by atoms with Crippen molar-refractivity contribution in [2.75, 3.05) is 5.32 Å². The molecular weight excluding hydrogens is 252 g/mol. The zero-order valence-electron chi connectivity index (χ0n) is 11.5. The Morgan fingerprint density at radius 2 is 2.20 bits per heavy atom. The molecular formula is C15H18N4O. The Labute approximate surface area is 118 Å². The number of para-hydroxylation sites is 1. The van der Waals surface area contributed by atoms with Crippen molar-refractivity contribution in [3.8, 4) is 0 Å². The molecule has 20 heavy (non-hydrogen) atoms. The summed E-state index contributed by atoms with van der Waals surface area (Å²) < 4.78 is 2.00. The quantitative estimate of drug-likeness (QED) is 0.880. The third-order valence-corrected chi connectivity index (χ3v) is 3.68. The lowest BCUT2D eigenvalue weighted by molar-refractivity contribution is 0.245. The maximum Gasteiger partial charge on any atom is 0.319 e. The topological polar surface area (TPSA) is 59.0 Å². The second kappa shape index (κ2) is 5.36. The molecule has 1 aromatic heterocycles. The zero-order valence-corrected chi connectivity index (χ0v) is 11.5. The molecule has 0 radical (unpaired) electrons. The molecule has 0 aliphatic carbocycles. The van der Waals surface area contributed by atoms with Gasteiger partial charge in [-0.05, 0) is 31.0 Å². The molecule has 2 aromatic rings. The highest BCUT2D eigenvalue weighted by Gasteiger charge is 2.20. The van der Waals surface area contributed by atoms with Crippen LogP contribution < -0.4 is 10.6 Å². The summed E-state index contributed by atoms with van der Waals surface area (Å²) in [5, 5.41) is 10.2. The average Bonchev–Trinajstić information content (AvgIpc) is 2.89. The van der Waals surface area contributed by atoms with E-state index in [-0.39, 0.29) is 12.1 Å². The van der Waals surface area contributed by atoms with Gasteiger partial charge < -0.3 is 10.6 Å². The van der Waals surface area contributed by atoms with Crippen LogP contribution in [-0.4, -0.2) is 21.9 Å². The number of nitrogens with one attached hydrogen (secondary N) is 2. The van der Waals surface area contributed by atoms with Crippen molar-refractivity contribution in [3.05, 3.63) is 47.8 Å². The first-order valence-corrected chi connectivity index (χ1v) is 6.86. The molecule has 0 unspecified atom stereocenters. The number of hydrogen-bond donors (Lipinski definition) is 2. The number of amides is 2. The number of benzene rings is 1. The summed E-state index contributed by atoms with van der Waals surface area (Å²) >= 11 is 0. The molecule has 0 spiro atoms. The first-order valence-electron chi connectivity index (χ1n) is 6.86. The van der Waals surface area contributed by atoms with Crippen LogP contribution in [0.5, 0.6) is 0 Å². The fourth-order valence-corrected chi connectivity index (χ4v) is 2.55. The summed E-state index contributed by atoms with van der Waals surface area (Å²) in [5.41, 5.74) is 3.09. The molecule has 1 atom stereocenters. The van der Waals surface area contributed by atoms with Crippen molar-refractivity contribution in [3.63, 3.8) is 0 Å². The van der Waals surface area contributed by atoms with E-state index in [1.165, 1.54) is 5.69 Å². The van der Waals surface area contributed by atoms with Gasteiger partial charge in [0.25, 0.3) is 0 Å². The molecule has 0 saturated carbocycles. The van der Waals surface area contributed by atoms with Gasteiger partial charge in [0.2, 0.25) is 0 Å². The molecule has 0 saturated heterocycles. The smallest absolute Gasteiger partial charge is 0.319 e. The molecule has 5 nitrogen and oxygen atoms in total. The first-order chi connectivity index (χ1) is 9.72. The first kappa shape index (κ1) is 12.7. The Morgan fingerprint density at radius 3 is 3.05 bits per heavy atom. The molecule has 104 valence electrons. The Bertz CT molecular complexity index is 620. The lowest BCUT2D eigenvalue weighted by Gasteiger charge is -2.24. The number of fused-ring (bicyclic) bond motifs is 1. The summed E-state index contributed by atoms with van der Waals surface area (Å²) in [5.74, 6) is 0. The summed E-state index contributed by atoms with van der Waals surface area (Å²) in [6.45, 7) is 2.84. The van der Waals surface area contributed by atoms with Crippen molar-refractivity contribution >= 4 is 11.7 Å². The van der Waals surface area contributed by atoms with Gasteiger partial charge in [-0.1, -0.05) is 18.2 Å². The third-order valence-electron chi connectivity index (χ3n) is 3.68. The average molecular weight is 270 g/mol. The van der Waals surface area contributed by atoms with Crippen molar-refractivity contribution in [2.45, 2.75) is 32.4 Å². The highest BCUT2D eigenvalue weighted by molar-refractivity contribution is 5.90. The number of urea groups is 1. The van der Waals surface area contributed by atoms with Crippen molar-refractivity contribution < 1.29 is 4.79 Å². The van der Waals surface area contributed by atoms with Crippen LogP contribution in [0.25, 0.3) is 0 Å². The largest absolute Gasteiger partial charge is 0.335 e. The highest BCUT2D eigenvalue weighted by atomic mass is 16.2. The summed E-state index contributed by atoms with van der Waals surface area (Å²) in [4.78, 5) is 12.0. The number of hydrogen-bond acceptors (Lipinski definition) is 2. The van der Waals surface area contributed by atoms with E-state index in [1.807, 2.05) is 48.1 Å². The number of aryl methyl sites for hydroxylation is 2. The number of carbonyl (C=O) groups excluding carboxylic acids is 1. The van der Waals surface area contributed by atoms with Crippen LogP contribution in [0.2, 0.25) is 0 Å². The summed E-state index contributed by atoms with van der Waals surface area (Å²) in [7, 11) is 0. The van der Waals surface area contributed by atoms with Gasteiger partial charge in [0.15, 0.2) is 0 Å². The Hall–Kier alpha value is -2.30. The monoisotopic (exact) mass is 270 g/mol. The van der Waals surface area contributed by atoms with Crippen molar-refractivity contribution in [1.29, 1.82) is 0 Å². The molecule has 2 heterocycles. The minimum absolute atomic E-state index is 0.141. The molecule has 5 heteroatoms. The van der Waals surface area contributed by atoms with E-state index in [0.717, 1.165) is 30.6 Å². The van der Waals surface area contributed by atoms with Crippen LogP contribution in [0.3, 0.4) is 0 Å². The Morgan fingerprint density at radius 1 is 1.35 bits per heavy atom.